The number of aryl methyl sites for hydroxylation is 1. The van der Waals surface area contributed by atoms with E-state index in [1.165, 1.54) is 0 Å². The van der Waals surface area contributed by atoms with Crippen LogP contribution in [0.2, 0.25) is 0 Å². The molecule has 1 aromatic carbocycles. The Labute approximate surface area is 106 Å². The molecule has 1 rings (SSSR count). The molecule has 0 spiro atoms. The molecule has 0 aliphatic carbocycles. The molecule has 0 bridgehead atoms. The Hall–Kier alpha value is -1.62. The summed E-state index contributed by atoms with van der Waals surface area (Å²) in [5.41, 5.74) is 8.93. The zero-order valence-electron chi connectivity index (χ0n) is 8.49. The summed E-state index contributed by atoms with van der Waals surface area (Å²) in [5.74, 6) is -0.849. The van der Waals surface area contributed by atoms with Crippen molar-refractivity contribution in [2.24, 2.45) is 10.8 Å². The minimum Gasteiger partial charge on any atom is -0.364 e. The number of carbonyl (C=O) groups is 1. The largest absolute Gasteiger partial charge is 0.364 e. The molecule has 0 heterocycles. The van der Waals surface area contributed by atoms with Crippen LogP contribution in [0.3, 0.4) is 0 Å². The lowest BCUT2D eigenvalue weighted by Gasteiger charge is -2.04. The van der Waals surface area contributed by atoms with E-state index in [1.807, 2.05) is 25.1 Å². The maximum absolute atomic E-state index is 10.7. The quantitative estimate of drug-likeness (QED) is 0.499. The van der Waals surface area contributed by atoms with Gasteiger partial charge in [-0.2, -0.15) is 10.4 Å². The number of amides is 1. The molecule has 0 aromatic heterocycles. The first-order valence-electron chi connectivity index (χ1n) is 4.34. The van der Waals surface area contributed by atoms with E-state index in [9.17, 15) is 4.79 Å². The number of nitrogens with one attached hydrogen (secondary N) is 1. The molecule has 0 atom stereocenters. The van der Waals surface area contributed by atoms with Gasteiger partial charge in [-0.3, -0.25) is 10.2 Å². The zero-order valence-corrected chi connectivity index (χ0v) is 10.6. The lowest BCUT2D eigenvalue weighted by Crippen LogP contribution is -2.22. The van der Waals surface area contributed by atoms with Gasteiger partial charge in [0.1, 0.15) is 6.07 Å². The van der Waals surface area contributed by atoms with E-state index in [-0.39, 0.29) is 5.71 Å². The zero-order chi connectivity index (χ0) is 12.1. The van der Waals surface area contributed by atoms with Crippen LogP contribution in [0.1, 0.15) is 5.56 Å². The van der Waals surface area contributed by atoms with Crippen LogP contribution >= 0.6 is 22.6 Å². The van der Waals surface area contributed by atoms with Gasteiger partial charge in [-0.25, -0.2) is 0 Å². The smallest absolute Gasteiger partial charge is 0.280 e. The second kappa shape index (κ2) is 5.46. The van der Waals surface area contributed by atoms with Gasteiger partial charge in [-0.05, 0) is 53.3 Å². The maximum Gasteiger partial charge on any atom is 0.280 e. The number of carbonyl (C=O) groups excluding carboxylic acids is 1. The van der Waals surface area contributed by atoms with E-state index in [1.54, 1.807) is 6.07 Å². The van der Waals surface area contributed by atoms with Crippen LogP contribution in [0.15, 0.2) is 23.3 Å². The molecule has 1 amide bonds. The second-order valence-electron chi connectivity index (χ2n) is 3.01. The van der Waals surface area contributed by atoms with Crippen molar-refractivity contribution in [1.82, 2.24) is 0 Å². The number of benzene rings is 1. The van der Waals surface area contributed by atoms with Crippen molar-refractivity contribution in [3.63, 3.8) is 0 Å². The average Bonchev–Trinajstić information content (AvgIpc) is 2.21. The third-order valence-corrected chi connectivity index (χ3v) is 2.49. The van der Waals surface area contributed by atoms with E-state index in [2.05, 4.69) is 33.1 Å². The van der Waals surface area contributed by atoms with Crippen molar-refractivity contribution < 1.29 is 4.79 Å². The first kappa shape index (κ1) is 12.4. The number of rotatable bonds is 3. The number of primary amides is 1. The molecule has 0 radical (unpaired) electrons. The summed E-state index contributed by atoms with van der Waals surface area (Å²) in [6, 6.07) is 7.27. The number of halogens is 1. The lowest BCUT2D eigenvalue weighted by atomic mass is 10.2. The first-order chi connectivity index (χ1) is 7.54. The topological polar surface area (TPSA) is 91.3 Å². The molecule has 0 saturated heterocycles. The van der Waals surface area contributed by atoms with Crippen LogP contribution in [-0.4, -0.2) is 11.6 Å². The standard InChI is InChI=1S/C10H9IN4O/c1-6-4-7(11)2-3-8(6)14-15-9(5-12)10(13)16/h2-4,14H,1H3,(H2,13,16). The molecule has 1 aromatic rings. The summed E-state index contributed by atoms with van der Waals surface area (Å²) >= 11 is 2.19. The third kappa shape index (κ3) is 3.20. The van der Waals surface area contributed by atoms with Crippen LogP contribution in [0.5, 0.6) is 0 Å². The van der Waals surface area contributed by atoms with Gasteiger partial charge in [0, 0.05) is 3.57 Å². The highest BCUT2D eigenvalue weighted by Crippen LogP contribution is 2.17. The normalized spacial score (nSPS) is 10.7. The van der Waals surface area contributed by atoms with E-state index < -0.39 is 5.91 Å². The highest BCUT2D eigenvalue weighted by Gasteiger charge is 2.05. The Morgan fingerprint density at radius 1 is 1.62 bits per heavy atom. The molecule has 0 unspecified atom stereocenters. The number of nitrogens with zero attached hydrogens (tertiary/aromatic N) is 2. The van der Waals surface area contributed by atoms with Gasteiger partial charge < -0.3 is 5.73 Å². The van der Waals surface area contributed by atoms with Crippen LogP contribution in [-0.2, 0) is 4.79 Å². The second-order valence-corrected chi connectivity index (χ2v) is 4.25. The van der Waals surface area contributed by atoms with Crippen molar-refractivity contribution in [2.75, 3.05) is 5.43 Å². The SMILES string of the molecule is Cc1cc(I)ccc1NN=C(C#N)C(N)=O. The molecule has 82 valence electrons. The lowest BCUT2D eigenvalue weighted by molar-refractivity contribution is -0.111. The van der Waals surface area contributed by atoms with Crippen LogP contribution in [0.25, 0.3) is 0 Å². The third-order valence-electron chi connectivity index (χ3n) is 1.82. The minimum absolute atomic E-state index is 0.349. The average molecular weight is 328 g/mol. The molecule has 6 heteroatoms. The van der Waals surface area contributed by atoms with Crippen molar-refractivity contribution in [3.8, 4) is 6.07 Å². The Morgan fingerprint density at radius 3 is 2.81 bits per heavy atom. The van der Waals surface area contributed by atoms with E-state index in [0.717, 1.165) is 14.8 Å². The van der Waals surface area contributed by atoms with Crippen LogP contribution < -0.4 is 11.2 Å². The van der Waals surface area contributed by atoms with Gasteiger partial charge in [0.15, 0.2) is 0 Å². The first-order valence-corrected chi connectivity index (χ1v) is 5.42. The monoisotopic (exact) mass is 328 g/mol. The Kier molecular flexibility index (Phi) is 4.25. The van der Waals surface area contributed by atoms with Crippen LogP contribution in [0.4, 0.5) is 5.69 Å². The minimum atomic E-state index is -0.849. The molecule has 0 aliphatic heterocycles. The van der Waals surface area contributed by atoms with Crippen LogP contribution in [0, 0.1) is 21.8 Å². The summed E-state index contributed by atoms with van der Waals surface area (Å²) in [4.78, 5) is 10.7. The van der Waals surface area contributed by atoms with Gasteiger partial charge in [-0.1, -0.05) is 0 Å². The summed E-state index contributed by atoms with van der Waals surface area (Å²) in [6.07, 6.45) is 0. The van der Waals surface area contributed by atoms with E-state index >= 15 is 0 Å². The summed E-state index contributed by atoms with van der Waals surface area (Å²) in [7, 11) is 0. The molecule has 3 N–H and O–H groups in total. The molecule has 0 aliphatic rings. The van der Waals surface area contributed by atoms with Gasteiger partial charge >= 0.3 is 0 Å². The Bertz CT molecular complexity index is 490. The molecule has 0 fully saturated rings. The maximum atomic E-state index is 10.7. The van der Waals surface area contributed by atoms with Gasteiger partial charge in [0.25, 0.3) is 5.91 Å². The highest BCUT2D eigenvalue weighted by atomic mass is 127. The molecule has 16 heavy (non-hydrogen) atoms. The number of anilines is 1. The number of hydrogen-bond donors (Lipinski definition) is 2. The Morgan fingerprint density at radius 2 is 2.31 bits per heavy atom. The van der Waals surface area contributed by atoms with Gasteiger partial charge in [-0.15, -0.1) is 0 Å². The summed E-state index contributed by atoms with van der Waals surface area (Å²) in [5, 5.41) is 12.2. The fraction of sp³-hybridized carbons (Fsp3) is 0.100. The predicted molar refractivity (Wildman–Crippen MR) is 69.8 cm³/mol. The fourth-order valence-corrected chi connectivity index (χ4v) is 1.65. The van der Waals surface area contributed by atoms with Gasteiger partial charge in [0.2, 0.25) is 5.71 Å². The summed E-state index contributed by atoms with van der Waals surface area (Å²) in [6.45, 7) is 1.90. The number of hydrogen-bond acceptors (Lipinski definition) is 4. The number of hydrazone groups is 1. The molecular weight excluding hydrogens is 319 g/mol. The van der Waals surface area contributed by atoms with E-state index in [4.69, 9.17) is 11.0 Å². The fourth-order valence-electron chi connectivity index (χ4n) is 1.00. The number of nitrogens with two attached hydrogens (primary N) is 1. The van der Waals surface area contributed by atoms with Crippen molar-refractivity contribution in [1.29, 1.82) is 5.26 Å². The Balaban J connectivity index is 2.90. The molecule has 5 nitrogen and oxygen atoms in total. The van der Waals surface area contributed by atoms with Crippen molar-refractivity contribution in [3.05, 3.63) is 27.3 Å². The van der Waals surface area contributed by atoms with Crippen molar-refractivity contribution >= 4 is 39.9 Å². The highest BCUT2D eigenvalue weighted by molar-refractivity contribution is 14.1. The molecule has 0 saturated carbocycles. The van der Waals surface area contributed by atoms with Gasteiger partial charge in [0.05, 0.1) is 5.69 Å². The molecular formula is C10H9IN4O. The van der Waals surface area contributed by atoms with E-state index in [0.29, 0.717) is 0 Å². The predicted octanol–water partition coefficient (Wildman–Crippen LogP) is 1.38. The summed E-state index contributed by atoms with van der Waals surface area (Å²) < 4.78 is 1.10. The number of nitriles is 1. The van der Waals surface area contributed by atoms with Crippen molar-refractivity contribution in [2.45, 2.75) is 6.92 Å².